The second kappa shape index (κ2) is 6.35. The van der Waals surface area contributed by atoms with E-state index in [2.05, 4.69) is 9.89 Å². The minimum Gasteiger partial charge on any atom is -0.353 e. The standard InChI is InChI=1S/C18H18N2O/c21-17(15-9-3-1-4-10-15)18(20-13-7-8-14-20)19-16-11-5-2-6-12-16/h1-6,9-12H,7-8,13-14H2. The van der Waals surface area contributed by atoms with Crippen molar-refractivity contribution in [3.8, 4) is 0 Å². The molecule has 3 heteroatoms. The van der Waals surface area contributed by atoms with Gasteiger partial charge in [0.05, 0.1) is 5.69 Å². The molecule has 3 rings (SSSR count). The van der Waals surface area contributed by atoms with E-state index in [0.29, 0.717) is 11.4 Å². The average molecular weight is 278 g/mol. The van der Waals surface area contributed by atoms with E-state index in [1.807, 2.05) is 60.7 Å². The molecule has 3 nitrogen and oxygen atoms in total. The van der Waals surface area contributed by atoms with E-state index < -0.39 is 0 Å². The molecule has 0 radical (unpaired) electrons. The van der Waals surface area contributed by atoms with Crippen molar-refractivity contribution in [1.82, 2.24) is 4.90 Å². The summed E-state index contributed by atoms with van der Waals surface area (Å²) in [5.41, 5.74) is 1.52. The number of ketones is 1. The SMILES string of the molecule is O=C(C(=Nc1ccccc1)N1CCCC1)c1ccccc1. The molecule has 0 amide bonds. The molecule has 2 aromatic rings. The monoisotopic (exact) mass is 278 g/mol. The van der Waals surface area contributed by atoms with E-state index >= 15 is 0 Å². The summed E-state index contributed by atoms with van der Waals surface area (Å²) in [7, 11) is 0. The number of para-hydroxylation sites is 1. The minimum absolute atomic E-state index is 0.00125. The highest BCUT2D eigenvalue weighted by Crippen LogP contribution is 2.17. The summed E-state index contributed by atoms with van der Waals surface area (Å²) in [5, 5.41) is 0. The van der Waals surface area contributed by atoms with Gasteiger partial charge in [-0.25, -0.2) is 4.99 Å². The number of Topliss-reactive ketones (excluding diaryl/α,β-unsaturated/α-hetero) is 1. The van der Waals surface area contributed by atoms with Gasteiger partial charge in [-0.2, -0.15) is 0 Å². The number of likely N-dealkylation sites (tertiary alicyclic amines) is 1. The molecule has 1 aliphatic rings. The number of amidine groups is 1. The van der Waals surface area contributed by atoms with Crippen LogP contribution < -0.4 is 0 Å². The van der Waals surface area contributed by atoms with Gasteiger partial charge in [0.25, 0.3) is 0 Å². The van der Waals surface area contributed by atoms with Gasteiger partial charge in [-0.15, -0.1) is 0 Å². The van der Waals surface area contributed by atoms with Crippen molar-refractivity contribution in [2.24, 2.45) is 4.99 Å². The Morgan fingerprint density at radius 3 is 2.05 bits per heavy atom. The number of hydrogen-bond acceptors (Lipinski definition) is 2. The third kappa shape index (κ3) is 3.19. The molecule has 0 unspecified atom stereocenters. The third-order valence-electron chi connectivity index (χ3n) is 3.64. The summed E-state index contributed by atoms with van der Waals surface area (Å²) in [6.07, 6.45) is 2.24. The molecule has 1 heterocycles. The summed E-state index contributed by atoms with van der Waals surface area (Å²) in [6, 6.07) is 19.1. The van der Waals surface area contributed by atoms with Crippen LogP contribution in [-0.4, -0.2) is 29.6 Å². The normalized spacial score (nSPS) is 15.2. The van der Waals surface area contributed by atoms with Gasteiger partial charge in [0.15, 0.2) is 5.84 Å². The molecule has 0 spiro atoms. The molecule has 1 aliphatic heterocycles. The number of nitrogens with zero attached hydrogens (tertiary/aromatic N) is 2. The van der Waals surface area contributed by atoms with Crippen LogP contribution in [0, 0.1) is 0 Å². The number of benzene rings is 2. The largest absolute Gasteiger partial charge is 0.353 e. The Kier molecular flexibility index (Phi) is 4.10. The first-order valence-corrected chi connectivity index (χ1v) is 7.33. The smallest absolute Gasteiger partial charge is 0.228 e. The zero-order valence-electron chi connectivity index (χ0n) is 11.9. The van der Waals surface area contributed by atoms with Crippen LogP contribution in [-0.2, 0) is 0 Å². The maximum absolute atomic E-state index is 12.8. The van der Waals surface area contributed by atoms with Crippen molar-refractivity contribution < 1.29 is 4.79 Å². The molecule has 0 aliphatic carbocycles. The van der Waals surface area contributed by atoms with E-state index in [9.17, 15) is 4.79 Å². The summed E-state index contributed by atoms with van der Waals surface area (Å²) < 4.78 is 0. The van der Waals surface area contributed by atoms with Gasteiger partial charge in [-0.05, 0) is 25.0 Å². The fourth-order valence-electron chi connectivity index (χ4n) is 2.54. The lowest BCUT2D eigenvalue weighted by Gasteiger charge is -2.19. The second-order valence-corrected chi connectivity index (χ2v) is 5.16. The second-order valence-electron chi connectivity index (χ2n) is 5.16. The minimum atomic E-state index is 0.00125. The van der Waals surface area contributed by atoms with Gasteiger partial charge in [-0.3, -0.25) is 4.79 Å². The molecular weight excluding hydrogens is 260 g/mol. The molecule has 0 bridgehead atoms. The van der Waals surface area contributed by atoms with Crippen LogP contribution in [0.4, 0.5) is 5.69 Å². The Bertz CT molecular complexity index is 629. The fourth-order valence-corrected chi connectivity index (χ4v) is 2.54. The van der Waals surface area contributed by atoms with Crippen molar-refractivity contribution in [3.63, 3.8) is 0 Å². The Labute approximate surface area is 124 Å². The first-order chi connectivity index (χ1) is 10.3. The fraction of sp³-hybridized carbons (Fsp3) is 0.222. The van der Waals surface area contributed by atoms with Gasteiger partial charge >= 0.3 is 0 Å². The summed E-state index contributed by atoms with van der Waals surface area (Å²) in [4.78, 5) is 19.5. The molecule has 2 aromatic carbocycles. The lowest BCUT2D eigenvalue weighted by Crippen LogP contribution is -2.34. The summed E-state index contributed by atoms with van der Waals surface area (Å²) in [5.74, 6) is 0.561. The predicted molar refractivity (Wildman–Crippen MR) is 85.1 cm³/mol. The molecule has 21 heavy (non-hydrogen) atoms. The van der Waals surface area contributed by atoms with Crippen LogP contribution in [0.25, 0.3) is 0 Å². The first-order valence-electron chi connectivity index (χ1n) is 7.33. The molecular formula is C18H18N2O. The van der Waals surface area contributed by atoms with Crippen molar-refractivity contribution in [2.75, 3.05) is 13.1 Å². The lowest BCUT2D eigenvalue weighted by atomic mass is 10.1. The Morgan fingerprint density at radius 2 is 1.43 bits per heavy atom. The van der Waals surface area contributed by atoms with E-state index in [1.54, 1.807) is 0 Å². The third-order valence-corrected chi connectivity index (χ3v) is 3.64. The quantitative estimate of drug-likeness (QED) is 0.487. The van der Waals surface area contributed by atoms with Crippen molar-refractivity contribution in [3.05, 3.63) is 66.2 Å². The molecule has 0 saturated carbocycles. The predicted octanol–water partition coefficient (Wildman–Crippen LogP) is 3.70. The maximum atomic E-state index is 12.8. The van der Waals surface area contributed by atoms with E-state index in [0.717, 1.165) is 31.6 Å². The van der Waals surface area contributed by atoms with Gasteiger partial charge in [0.2, 0.25) is 5.78 Å². The van der Waals surface area contributed by atoms with Gasteiger partial charge < -0.3 is 4.90 Å². The highest BCUT2D eigenvalue weighted by Gasteiger charge is 2.23. The zero-order valence-corrected chi connectivity index (χ0v) is 11.9. The number of carbonyl (C=O) groups excluding carboxylic acids is 1. The van der Waals surface area contributed by atoms with E-state index in [1.165, 1.54) is 0 Å². The highest BCUT2D eigenvalue weighted by molar-refractivity contribution is 6.45. The number of carbonyl (C=O) groups is 1. The van der Waals surface area contributed by atoms with Gasteiger partial charge in [0, 0.05) is 18.7 Å². The van der Waals surface area contributed by atoms with E-state index in [-0.39, 0.29) is 5.78 Å². The summed E-state index contributed by atoms with van der Waals surface area (Å²) in [6.45, 7) is 1.81. The molecule has 1 saturated heterocycles. The first kappa shape index (κ1) is 13.6. The van der Waals surface area contributed by atoms with Crippen LogP contribution in [0.1, 0.15) is 23.2 Å². The van der Waals surface area contributed by atoms with Crippen LogP contribution >= 0.6 is 0 Å². The topological polar surface area (TPSA) is 32.7 Å². The molecule has 106 valence electrons. The molecule has 0 aromatic heterocycles. The van der Waals surface area contributed by atoms with Crippen LogP contribution in [0.2, 0.25) is 0 Å². The average Bonchev–Trinajstić information content (AvgIpc) is 3.08. The molecule has 1 fully saturated rings. The number of hydrogen-bond donors (Lipinski definition) is 0. The van der Waals surface area contributed by atoms with Crippen LogP contribution in [0.3, 0.4) is 0 Å². The number of rotatable bonds is 3. The maximum Gasteiger partial charge on any atom is 0.228 e. The van der Waals surface area contributed by atoms with Crippen LogP contribution in [0.15, 0.2) is 65.7 Å². The van der Waals surface area contributed by atoms with Crippen LogP contribution in [0.5, 0.6) is 0 Å². The lowest BCUT2D eigenvalue weighted by molar-refractivity contribution is 0.105. The van der Waals surface area contributed by atoms with Crippen molar-refractivity contribution in [2.45, 2.75) is 12.8 Å². The van der Waals surface area contributed by atoms with Gasteiger partial charge in [0.1, 0.15) is 0 Å². The zero-order chi connectivity index (χ0) is 14.5. The number of aliphatic imine (C=N–C) groups is 1. The Morgan fingerprint density at radius 1 is 0.857 bits per heavy atom. The van der Waals surface area contributed by atoms with Crippen molar-refractivity contribution in [1.29, 1.82) is 0 Å². The summed E-state index contributed by atoms with van der Waals surface area (Å²) >= 11 is 0. The molecule has 0 atom stereocenters. The van der Waals surface area contributed by atoms with Gasteiger partial charge in [-0.1, -0.05) is 48.5 Å². The van der Waals surface area contributed by atoms with E-state index in [4.69, 9.17) is 0 Å². The highest BCUT2D eigenvalue weighted by atomic mass is 16.1. The van der Waals surface area contributed by atoms with Crippen molar-refractivity contribution >= 4 is 17.3 Å². The Hall–Kier alpha value is -2.42. The molecule has 0 N–H and O–H groups in total. The Balaban J connectivity index is 1.96.